The Labute approximate surface area is 260 Å². The van der Waals surface area contributed by atoms with E-state index in [9.17, 15) is 13.2 Å². The number of rotatable bonds is 11. The average Bonchev–Trinajstić information content (AvgIpc) is 2.96. The molecule has 0 spiro atoms. The normalized spacial score (nSPS) is 11.3. The van der Waals surface area contributed by atoms with Gasteiger partial charge in [0.1, 0.15) is 13.2 Å². The van der Waals surface area contributed by atoms with Crippen LogP contribution in [-0.4, -0.2) is 34.2 Å². The summed E-state index contributed by atoms with van der Waals surface area (Å²) in [5, 5.41) is 4.62. The minimum absolute atomic E-state index is 0.0602. The van der Waals surface area contributed by atoms with Crippen LogP contribution in [0.4, 0.5) is 5.69 Å². The summed E-state index contributed by atoms with van der Waals surface area (Å²) in [6, 6.07) is 25.4. The summed E-state index contributed by atoms with van der Waals surface area (Å²) in [6.45, 7) is -0.259. The van der Waals surface area contributed by atoms with Gasteiger partial charge in [0.2, 0.25) is 0 Å². The standard InChI is InChI=1S/C29H24Br2ClN3O5S/c1-39-27-15-20(14-25(31)29(27)40-19-21-8-5-6-13-26(21)32)17-33-34-28(36)18-35(23-10-7-9-22(30)16-23)41(37,38)24-11-3-2-4-12-24/h2-17H,18-19H2,1H3,(H,34,36)/b33-17-. The van der Waals surface area contributed by atoms with E-state index in [4.69, 9.17) is 21.1 Å². The molecule has 0 saturated heterocycles. The Bertz CT molecular complexity index is 1670. The molecular formula is C29H24Br2ClN3O5S. The molecule has 0 radical (unpaired) electrons. The molecule has 0 aliphatic carbocycles. The van der Waals surface area contributed by atoms with Crippen LogP contribution in [0.3, 0.4) is 0 Å². The number of hydrazone groups is 1. The van der Waals surface area contributed by atoms with Gasteiger partial charge in [-0.1, -0.05) is 70.0 Å². The Balaban J connectivity index is 1.48. The van der Waals surface area contributed by atoms with Crippen molar-refractivity contribution >= 4 is 71.3 Å². The second-order valence-electron chi connectivity index (χ2n) is 8.51. The summed E-state index contributed by atoms with van der Waals surface area (Å²) in [6.07, 6.45) is 1.41. The van der Waals surface area contributed by atoms with Crippen LogP contribution in [0.15, 0.2) is 110 Å². The number of methoxy groups -OCH3 is 1. The zero-order chi connectivity index (χ0) is 29.4. The summed E-state index contributed by atoms with van der Waals surface area (Å²) < 4.78 is 40.6. The van der Waals surface area contributed by atoms with Crippen molar-refractivity contribution in [2.45, 2.75) is 11.5 Å². The molecule has 212 valence electrons. The minimum atomic E-state index is -4.04. The fourth-order valence-electron chi connectivity index (χ4n) is 3.73. The lowest BCUT2D eigenvalue weighted by Gasteiger charge is -2.23. The van der Waals surface area contributed by atoms with Crippen molar-refractivity contribution in [3.05, 3.63) is 116 Å². The van der Waals surface area contributed by atoms with E-state index in [1.54, 1.807) is 60.7 Å². The highest BCUT2D eigenvalue weighted by atomic mass is 79.9. The zero-order valence-corrected chi connectivity index (χ0v) is 26.4. The van der Waals surface area contributed by atoms with Gasteiger partial charge < -0.3 is 9.47 Å². The molecule has 0 fully saturated rings. The van der Waals surface area contributed by atoms with Gasteiger partial charge in [0.25, 0.3) is 15.9 Å². The SMILES string of the molecule is COc1cc(/C=N\NC(=O)CN(c2cccc(Br)c2)S(=O)(=O)c2ccccc2)cc(Br)c1OCc1ccccc1Cl. The third-order valence-corrected chi connectivity index (χ3v) is 8.94. The van der Waals surface area contributed by atoms with E-state index in [0.717, 1.165) is 9.87 Å². The Morgan fingerprint density at radius 3 is 2.44 bits per heavy atom. The summed E-state index contributed by atoms with van der Waals surface area (Å²) in [5.74, 6) is 0.282. The summed E-state index contributed by atoms with van der Waals surface area (Å²) >= 11 is 13.1. The molecule has 0 atom stereocenters. The van der Waals surface area contributed by atoms with E-state index < -0.39 is 22.5 Å². The van der Waals surface area contributed by atoms with E-state index in [2.05, 4.69) is 42.4 Å². The van der Waals surface area contributed by atoms with Gasteiger partial charge in [-0.3, -0.25) is 9.10 Å². The van der Waals surface area contributed by atoms with Crippen molar-refractivity contribution in [2.24, 2.45) is 5.10 Å². The first kappa shape index (κ1) is 30.6. The number of sulfonamides is 1. The summed E-state index contributed by atoms with van der Waals surface area (Å²) in [5.41, 5.74) is 4.15. The third kappa shape index (κ3) is 7.88. The fraction of sp³-hybridized carbons (Fsp3) is 0.103. The first-order chi connectivity index (χ1) is 19.7. The lowest BCUT2D eigenvalue weighted by molar-refractivity contribution is -0.119. The summed E-state index contributed by atoms with van der Waals surface area (Å²) in [7, 11) is -2.53. The predicted molar refractivity (Wildman–Crippen MR) is 167 cm³/mol. The largest absolute Gasteiger partial charge is 0.493 e. The van der Waals surface area contributed by atoms with Gasteiger partial charge in [-0.15, -0.1) is 0 Å². The number of hydrogen-bond acceptors (Lipinski definition) is 6. The van der Waals surface area contributed by atoms with Crippen LogP contribution in [0.1, 0.15) is 11.1 Å². The molecule has 0 saturated carbocycles. The molecule has 0 unspecified atom stereocenters. The van der Waals surface area contributed by atoms with E-state index in [1.807, 2.05) is 18.2 Å². The number of benzene rings is 4. The molecule has 4 rings (SSSR count). The van der Waals surface area contributed by atoms with Crippen LogP contribution in [0.2, 0.25) is 5.02 Å². The molecule has 12 heteroatoms. The third-order valence-electron chi connectivity index (χ3n) is 5.70. The van der Waals surface area contributed by atoms with Crippen LogP contribution in [-0.2, 0) is 21.4 Å². The smallest absolute Gasteiger partial charge is 0.264 e. The second-order valence-corrected chi connectivity index (χ2v) is 12.6. The number of anilines is 1. The molecule has 1 amide bonds. The number of ether oxygens (including phenoxy) is 2. The lowest BCUT2D eigenvalue weighted by atomic mass is 10.2. The number of nitrogens with one attached hydrogen (secondary N) is 1. The van der Waals surface area contributed by atoms with Crippen molar-refractivity contribution in [1.82, 2.24) is 5.43 Å². The molecule has 41 heavy (non-hydrogen) atoms. The molecule has 0 bridgehead atoms. The molecular weight excluding hydrogens is 698 g/mol. The topological polar surface area (TPSA) is 97.3 Å². The Hall–Kier alpha value is -3.38. The zero-order valence-electron chi connectivity index (χ0n) is 21.6. The van der Waals surface area contributed by atoms with Gasteiger partial charge in [0.05, 0.1) is 28.4 Å². The van der Waals surface area contributed by atoms with Gasteiger partial charge in [-0.05, 0) is 70.0 Å². The van der Waals surface area contributed by atoms with E-state index >= 15 is 0 Å². The van der Waals surface area contributed by atoms with Gasteiger partial charge in [-0.25, -0.2) is 13.8 Å². The first-order valence-electron chi connectivity index (χ1n) is 12.1. The molecule has 4 aromatic rings. The minimum Gasteiger partial charge on any atom is -0.493 e. The monoisotopic (exact) mass is 719 g/mol. The number of amides is 1. The number of carbonyl (C=O) groups excluding carboxylic acids is 1. The van der Waals surface area contributed by atoms with Crippen LogP contribution in [0.25, 0.3) is 0 Å². The Kier molecular flexibility index (Phi) is 10.4. The van der Waals surface area contributed by atoms with E-state index in [-0.39, 0.29) is 11.5 Å². The summed E-state index contributed by atoms with van der Waals surface area (Å²) in [4.78, 5) is 12.9. The maximum atomic E-state index is 13.4. The van der Waals surface area contributed by atoms with Crippen LogP contribution >= 0.6 is 43.5 Å². The van der Waals surface area contributed by atoms with Crippen molar-refractivity contribution < 1.29 is 22.7 Å². The maximum absolute atomic E-state index is 13.4. The number of carbonyl (C=O) groups is 1. The molecule has 1 N–H and O–H groups in total. The van der Waals surface area contributed by atoms with Crippen molar-refractivity contribution in [3.8, 4) is 11.5 Å². The highest BCUT2D eigenvalue weighted by molar-refractivity contribution is 9.10. The van der Waals surface area contributed by atoms with E-state index in [1.165, 1.54) is 25.5 Å². The van der Waals surface area contributed by atoms with E-state index in [0.29, 0.717) is 36.7 Å². The average molecular weight is 722 g/mol. The van der Waals surface area contributed by atoms with Gasteiger partial charge in [0.15, 0.2) is 11.5 Å². The first-order valence-corrected chi connectivity index (χ1v) is 15.5. The van der Waals surface area contributed by atoms with Crippen LogP contribution in [0, 0.1) is 0 Å². The maximum Gasteiger partial charge on any atom is 0.264 e. The van der Waals surface area contributed by atoms with Crippen molar-refractivity contribution in [2.75, 3.05) is 18.0 Å². The van der Waals surface area contributed by atoms with Gasteiger partial charge >= 0.3 is 0 Å². The second kappa shape index (κ2) is 14.0. The van der Waals surface area contributed by atoms with Crippen LogP contribution in [0.5, 0.6) is 11.5 Å². The Morgan fingerprint density at radius 1 is 1.00 bits per heavy atom. The lowest BCUT2D eigenvalue weighted by Crippen LogP contribution is -2.39. The quantitative estimate of drug-likeness (QED) is 0.136. The Morgan fingerprint density at radius 2 is 1.73 bits per heavy atom. The van der Waals surface area contributed by atoms with Gasteiger partial charge in [-0.2, -0.15) is 5.10 Å². The molecule has 8 nitrogen and oxygen atoms in total. The molecule has 0 aliphatic rings. The predicted octanol–water partition coefficient (Wildman–Crippen LogP) is 6.80. The highest BCUT2D eigenvalue weighted by Crippen LogP contribution is 2.37. The highest BCUT2D eigenvalue weighted by Gasteiger charge is 2.27. The van der Waals surface area contributed by atoms with Gasteiger partial charge in [0, 0.05) is 15.1 Å². The number of nitrogens with zero attached hydrogens (tertiary/aromatic N) is 2. The fourth-order valence-corrected chi connectivity index (χ4v) is 6.32. The van der Waals surface area contributed by atoms with Crippen molar-refractivity contribution in [3.63, 3.8) is 0 Å². The number of hydrogen-bond donors (Lipinski definition) is 1. The molecule has 0 aliphatic heterocycles. The molecule has 4 aromatic carbocycles. The van der Waals surface area contributed by atoms with Crippen LogP contribution < -0.4 is 19.2 Å². The molecule has 0 heterocycles. The number of halogens is 3. The molecule has 0 aromatic heterocycles. The van der Waals surface area contributed by atoms with Crippen molar-refractivity contribution in [1.29, 1.82) is 0 Å².